The van der Waals surface area contributed by atoms with Crippen LogP contribution in [0.5, 0.6) is 0 Å². The van der Waals surface area contributed by atoms with E-state index in [1.54, 1.807) is 13.0 Å². The van der Waals surface area contributed by atoms with Crippen LogP contribution >= 0.6 is 0 Å². The molecule has 0 bridgehead atoms. The van der Waals surface area contributed by atoms with Gasteiger partial charge in [0.05, 0.1) is 6.54 Å². The van der Waals surface area contributed by atoms with Crippen molar-refractivity contribution in [2.24, 2.45) is 0 Å². The second-order valence-electron chi connectivity index (χ2n) is 5.36. The first-order chi connectivity index (χ1) is 10.0. The molecule has 6 nitrogen and oxygen atoms in total. The standard InChI is InChI=1S/C14H25N3O3S/c1-3-15-11-13-10-14(12(2)20-13)21(18,19)16-6-9-17-7-4-5-8-17/h10,15-16H,3-9,11H2,1-2H3. The fraction of sp³-hybridized carbons (Fsp3) is 0.714. The molecule has 2 rings (SSSR count). The molecule has 0 unspecified atom stereocenters. The zero-order chi connectivity index (χ0) is 15.3. The lowest BCUT2D eigenvalue weighted by molar-refractivity contribution is 0.344. The third kappa shape index (κ3) is 4.54. The van der Waals surface area contributed by atoms with Crippen LogP contribution in [0.15, 0.2) is 15.4 Å². The Kier molecular flexibility index (Phi) is 5.80. The lowest BCUT2D eigenvalue weighted by Crippen LogP contribution is -2.33. The number of sulfonamides is 1. The Hall–Kier alpha value is -0.890. The topological polar surface area (TPSA) is 74.6 Å². The predicted octanol–water partition coefficient (Wildman–Crippen LogP) is 1.07. The summed E-state index contributed by atoms with van der Waals surface area (Å²) < 4.78 is 32.8. The van der Waals surface area contributed by atoms with Crippen molar-refractivity contribution >= 4 is 10.0 Å². The number of aryl methyl sites for hydroxylation is 1. The zero-order valence-electron chi connectivity index (χ0n) is 12.8. The van der Waals surface area contributed by atoms with Gasteiger partial charge in [0, 0.05) is 19.2 Å². The quantitative estimate of drug-likeness (QED) is 0.751. The van der Waals surface area contributed by atoms with Crippen LogP contribution in [0.25, 0.3) is 0 Å². The van der Waals surface area contributed by atoms with E-state index in [4.69, 9.17) is 4.42 Å². The van der Waals surface area contributed by atoms with Crippen LogP contribution in [-0.4, -0.2) is 46.0 Å². The third-order valence-corrected chi connectivity index (χ3v) is 5.25. The Balaban J connectivity index is 1.93. The zero-order valence-corrected chi connectivity index (χ0v) is 13.6. The van der Waals surface area contributed by atoms with Gasteiger partial charge in [-0.25, -0.2) is 13.1 Å². The Labute approximate surface area is 126 Å². The molecule has 1 saturated heterocycles. The van der Waals surface area contributed by atoms with Gasteiger partial charge >= 0.3 is 0 Å². The van der Waals surface area contributed by atoms with Crippen LogP contribution in [0.3, 0.4) is 0 Å². The average molecular weight is 315 g/mol. The summed E-state index contributed by atoms with van der Waals surface area (Å²) in [6.07, 6.45) is 2.42. The molecule has 1 fully saturated rings. The van der Waals surface area contributed by atoms with Gasteiger partial charge in [-0.3, -0.25) is 0 Å². The van der Waals surface area contributed by atoms with Gasteiger partial charge in [0.15, 0.2) is 0 Å². The molecule has 0 spiro atoms. The summed E-state index contributed by atoms with van der Waals surface area (Å²) in [4.78, 5) is 2.53. The molecule has 0 radical (unpaired) electrons. The molecule has 0 atom stereocenters. The lowest BCUT2D eigenvalue weighted by Gasteiger charge is -2.14. The largest absolute Gasteiger partial charge is 0.464 e. The van der Waals surface area contributed by atoms with Gasteiger partial charge in [-0.15, -0.1) is 0 Å². The predicted molar refractivity (Wildman–Crippen MR) is 81.7 cm³/mol. The highest BCUT2D eigenvalue weighted by Crippen LogP contribution is 2.19. The second-order valence-corrected chi connectivity index (χ2v) is 7.10. The Morgan fingerprint density at radius 2 is 2.05 bits per heavy atom. The molecule has 1 aromatic heterocycles. The summed E-state index contributed by atoms with van der Waals surface area (Å²) in [5.74, 6) is 1.09. The molecule has 2 heterocycles. The van der Waals surface area contributed by atoms with Crippen LogP contribution < -0.4 is 10.0 Å². The molecule has 120 valence electrons. The molecule has 0 amide bonds. The molecular formula is C14H25N3O3S. The smallest absolute Gasteiger partial charge is 0.244 e. The van der Waals surface area contributed by atoms with E-state index in [-0.39, 0.29) is 4.90 Å². The van der Waals surface area contributed by atoms with Crippen molar-refractivity contribution in [2.45, 2.75) is 38.1 Å². The van der Waals surface area contributed by atoms with Crippen LogP contribution in [0.1, 0.15) is 31.3 Å². The van der Waals surface area contributed by atoms with E-state index in [1.165, 1.54) is 12.8 Å². The Morgan fingerprint density at radius 1 is 1.33 bits per heavy atom. The Morgan fingerprint density at radius 3 is 2.71 bits per heavy atom. The van der Waals surface area contributed by atoms with Gasteiger partial charge in [-0.2, -0.15) is 0 Å². The lowest BCUT2D eigenvalue weighted by atomic mass is 10.4. The van der Waals surface area contributed by atoms with Gasteiger partial charge in [0.2, 0.25) is 10.0 Å². The number of hydrogen-bond donors (Lipinski definition) is 2. The first-order valence-corrected chi connectivity index (χ1v) is 9.03. The fourth-order valence-electron chi connectivity index (χ4n) is 2.55. The van der Waals surface area contributed by atoms with Gasteiger partial charge < -0.3 is 14.6 Å². The highest BCUT2D eigenvalue weighted by atomic mass is 32.2. The maximum absolute atomic E-state index is 12.3. The summed E-state index contributed by atoms with van der Waals surface area (Å²) in [6, 6.07) is 1.61. The molecule has 21 heavy (non-hydrogen) atoms. The molecule has 1 aliphatic rings. The van der Waals surface area contributed by atoms with Gasteiger partial charge in [-0.1, -0.05) is 6.92 Å². The van der Waals surface area contributed by atoms with E-state index in [0.29, 0.717) is 24.6 Å². The molecule has 0 saturated carbocycles. The van der Waals surface area contributed by atoms with Crippen molar-refractivity contribution < 1.29 is 12.8 Å². The molecular weight excluding hydrogens is 290 g/mol. The summed E-state index contributed by atoms with van der Waals surface area (Å²) in [5, 5.41) is 3.12. The fourth-order valence-corrected chi connectivity index (χ4v) is 3.77. The normalized spacial score (nSPS) is 16.7. The van der Waals surface area contributed by atoms with Gasteiger partial charge in [0.25, 0.3) is 0 Å². The van der Waals surface area contributed by atoms with Crippen LogP contribution in [0.4, 0.5) is 0 Å². The van der Waals surface area contributed by atoms with Crippen LogP contribution in [0, 0.1) is 6.92 Å². The SMILES string of the molecule is CCNCc1cc(S(=O)(=O)NCCN2CCCC2)c(C)o1. The van der Waals surface area contributed by atoms with Crippen molar-refractivity contribution in [1.29, 1.82) is 0 Å². The summed E-state index contributed by atoms with van der Waals surface area (Å²) in [7, 11) is -3.49. The van der Waals surface area contributed by atoms with Crippen LogP contribution in [-0.2, 0) is 16.6 Å². The van der Waals surface area contributed by atoms with E-state index in [9.17, 15) is 8.42 Å². The molecule has 0 aliphatic carbocycles. The van der Waals surface area contributed by atoms with Crippen molar-refractivity contribution in [3.8, 4) is 0 Å². The van der Waals surface area contributed by atoms with Gasteiger partial charge in [-0.05, 0) is 39.4 Å². The maximum atomic E-state index is 12.3. The van der Waals surface area contributed by atoms with Crippen LogP contribution in [0.2, 0.25) is 0 Å². The second kappa shape index (κ2) is 7.40. The average Bonchev–Trinajstić information content (AvgIpc) is 3.06. The molecule has 0 aromatic carbocycles. The number of rotatable bonds is 8. The minimum atomic E-state index is -3.49. The van der Waals surface area contributed by atoms with Gasteiger partial charge in [0.1, 0.15) is 16.4 Å². The first kappa shape index (κ1) is 16.5. The van der Waals surface area contributed by atoms with Crippen molar-refractivity contribution in [2.75, 3.05) is 32.7 Å². The van der Waals surface area contributed by atoms with E-state index in [1.807, 2.05) is 6.92 Å². The highest BCUT2D eigenvalue weighted by Gasteiger charge is 2.21. The molecule has 7 heteroatoms. The number of nitrogens with one attached hydrogen (secondary N) is 2. The van der Waals surface area contributed by atoms with Crippen molar-refractivity contribution in [1.82, 2.24) is 14.9 Å². The maximum Gasteiger partial charge on any atom is 0.244 e. The van der Waals surface area contributed by atoms with E-state index in [0.717, 1.165) is 26.2 Å². The third-order valence-electron chi connectivity index (χ3n) is 3.68. The molecule has 2 N–H and O–H groups in total. The summed E-state index contributed by atoms with van der Waals surface area (Å²) >= 11 is 0. The number of furan rings is 1. The Bertz CT molecular complexity index is 548. The first-order valence-electron chi connectivity index (χ1n) is 7.55. The monoisotopic (exact) mass is 315 g/mol. The minimum Gasteiger partial charge on any atom is -0.464 e. The van der Waals surface area contributed by atoms with E-state index in [2.05, 4.69) is 14.9 Å². The highest BCUT2D eigenvalue weighted by molar-refractivity contribution is 7.89. The summed E-state index contributed by atoms with van der Waals surface area (Å²) in [6.45, 7) is 8.38. The van der Waals surface area contributed by atoms with Crippen molar-refractivity contribution in [3.05, 3.63) is 17.6 Å². The van der Waals surface area contributed by atoms with E-state index < -0.39 is 10.0 Å². The molecule has 1 aliphatic heterocycles. The van der Waals surface area contributed by atoms with Crippen molar-refractivity contribution in [3.63, 3.8) is 0 Å². The minimum absolute atomic E-state index is 0.247. The number of hydrogen-bond acceptors (Lipinski definition) is 5. The molecule has 1 aromatic rings. The van der Waals surface area contributed by atoms with E-state index >= 15 is 0 Å². The number of nitrogens with zero attached hydrogens (tertiary/aromatic N) is 1. The summed E-state index contributed by atoms with van der Waals surface area (Å²) in [5.41, 5.74) is 0. The number of likely N-dealkylation sites (tertiary alicyclic amines) is 1.